The summed E-state index contributed by atoms with van der Waals surface area (Å²) in [5.74, 6) is 0. The molecule has 0 aliphatic carbocycles. The molecule has 12 heavy (non-hydrogen) atoms. The first-order chi connectivity index (χ1) is 5.83. The predicted molar refractivity (Wildman–Crippen MR) is 56.7 cm³/mol. The Kier molecular flexibility index (Phi) is 6.16. The summed E-state index contributed by atoms with van der Waals surface area (Å²) in [7, 11) is 0. The zero-order valence-electron chi connectivity index (χ0n) is 8.52. The second-order valence-corrected chi connectivity index (χ2v) is 2.40. The lowest BCUT2D eigenvalue weighted by Crippen LogP contribution is -1.95. The van der Waals surface area contributed by atoms with Crippen LogP contribution >= 0.6 is 0 Å². The van der Waals surface area contributed by atoms with Gasteiger partial charge in [0.2, 0.25) is 0 Å². The molecule has 1 heteroatoms. The van der Waals surface area contributed by atoms with Crippen LogP contribution in [0.1, 0.15) is 26.3 Å². The van der Waals surface area contributed by atoms with Crippen molar-refractivity contribution in [3.8, 4) is 0 Å². The van der Waals surface area contributed by atoms with Gasteiger partial charge in [-0.3, -0.25) is 0 Å². The molecule has 1 nitrogen and oxygen atoms in total. The third-order valence-corrected chi connectivity index (χ3v) is 1.43. The van der Waals surface area contributed by atoms with Gasteiger partial charge in [-0.05, 0) is 26.0 Å². The molecule has 68 valence electrons. The van der Waals surface area contributed by atoms with Gasteiger partial charge in [0.25, 0.3) is 0 Å². The minimum absolute atomic E-state index is 0.989. The summed E-state index contributed by atoms with van der Waals surface area (Å²) in [6.07, 6.45) is 0. The molecule has 1 rings (SSSR count). The molecule has 0 amide bonds. The zero-order valence-corrected chi connectivity index (χ0v) is 8.52. The smallest absolute Gasteiger partial charge is 0.0340 e. The van der Waals surface area contributed by atoms with Crippen molar-refractivity contribution in [3.63, 3.8) is 0 Å². The number of hydrogen-bond donors (Lipinski definition) is 1. The molecule has 0 heterocycles. The summed E-state index contributed by atoms with van der Waals surface area (Å²) >= 11 is 0. The van der Waals surface area contributed by atoms with E-state index in [9.17, 15) is 0 Å². The van der Waals surface area contributed by atoms with E-state index in [1.165, 1.54) is 11.3 Å². The van der Waals surface area contributed by atoms with E-state index in [4.69, 9.17) is 0 Å². The number of rotatable bonds is 2. The molecule has 0 atom stereocenters. The molecule has 0 unspecified atom stereocenters. The number of benzene rings is 1. The maximum absolute atomic E-state index is 3.23. The normalized spacial score (nSPS) is 8.33. The second-order valence-electron chi connectivity index (χ2n) is 2.40. The Labute approximate surface area is 75.8 Å². The number of hydrogen-bond acceptors (Lipinski definition) is 1. The van der Waals surface area contributed by atoms with Gasteiger partial charge < -0.3 is 5.32 Å². The average molecular weight is 165 g/mol. The van der Waals surface area contributed by atoms with Crippen LogP contribution in [0.25, 0.3) is 0 Å². The summed E-state index contributed by atoms with van der Waals surface area (Å²) in [6, 6.07) is 8.41. The van der Waals surface area contributed by atoms with Crippen LogP contribution in [0.5, 0.6) is 0 Å². The molecule has 0 fully saturated rings. The fourth-order valence-electron chi connectivity index (χ4n) is 0.876. The molecule has 0 spiro atoms. The molecule has 0 saturated heterocycles. The summed E-state index contributed by atoms with van der Waals surface area (Å²) in [4.78, 5) is 0. The Hall–Kier alpha value is -0.980. The number of anilines is 1. The Morgan fingerprint density at radius 3 is 2.00 bits per heavy atom. The monoisotopic (exact) mass is 165 g/mol. The largest absolute Gasteiger partial charge is 0.385 e. The van der Waals surface area contributed by atoms with Crippen LogP contribution in [0.15, 0.2) is 24.3 Å². The topological polar surface area (TPSA) is 12.0 Å². The standard InChI is InChI=1S/C9H13N.C2H6/c1-3-10-9-6-4-8(2)5-7-9;1-2/h4-7,10H,3H2,1-2H3;1-2H3. The van der Waals surface area contributed by atoms with Crippen molar-refractivity contribution in [1.82, 2.24) is 0 Å². The lowest BCUT2D eigenvalue weighted by atomic mass is 10.2. The van der Waals surface area contributed by atoms with Crippen molar-refractivity contribution >= 4 is 5.69 Å². The van der Waals surface area contributed by atoms with E-state index in [1.807, 2.05) is 13.8 Å². The highest BCUT2D eigenvalue weighted by atomic mass is 14.8. The van der Waals surface area contributed by atoms with Gasteiger partial charge >= 0.3 is 0 Å². The Balaban J connectivity index is 0.000000561. The predicted octanol–water partition coefficient (Wildman–Crippen LogP) is 3.45. The van der Waals surface area contributed by atoms with Crippen molar-refractivity contribution in [2.24, 2.45) is 0 Å². The summed E-state index contributed by atoms with van der Waals surface area (Å²) in [5.41, 5.74) is 2.51. The molecule has 0 aliphatic rings. The first kappa shape index (κ1) is 11.0. The maximum atomic E-state index is 3.23. The highest BCUT2D eigenvalue weighted by Crippen LogP contribution is 2.07. The molecule has 0 aromatic heterocycles. The lowest BCUT2D eigenvalue weighted by Gasteiger charge is -2.01. The quantitative estimate of drug-likeness (QED) is 0.707. The van der Waals surface area contributed by atoms with Gasteiger partial charge in [-0.25, -0.2) is 0 Å². The van der Waals surface area contributed by atoms with Gasteiger partial charge in [-0.1, -0.05) is 31.5 Å². The fourth-order valence-corrected chi connectivity index (χ4v) is 0.876. The van der Waals surface area contributed by atoms with E-state index >= 15 is 0 Å². The lowest BCUT2D eigenvalue weighted by molar-refractivity contribution is 1.21. The summed E-state index contributed by atoms with van der Waals surface area (Å²) in [6.45, 7) is 9.18. The van der Waals surface area contributed by atoms with Crippen LogP contribution in [0.2, 0.25) is 0 Å². The van der Waals surface area contributed by atoms with Gasteiger partial charge in [0, 0.05) is 12.2 Å². The van der Waals surface area contributed by atoms with Crippen molar-refractivity contribution < 1.29 is 0 Å². The Morgan fingerprint density at radius 2 is 1.58 bits per heavy atom. The first-order valence-corrected chi connectivity index (χ1v) is 4.63. The highest BCUT2D eigenvalue weighted by molar-refractivity contribution is 5.43. The van der Waals surface area contributed by atoms with Gasteiger partial charge in [-0.2, -0.15) is 0 Å². The molecule has 0 bridgehead atoms. The molecule has 1 aromatic carbocycles. The molecule has 1 aromatic rings. The average Bonchev–Trinajstić information content (AvgIpc) is 2.13. The minimum Gasteiger partial charge on any atom is -0.385 e. The second kappa shape index (κ2) is 6.71. The van der Waals surface area contributed by atoms with E-state index in [2.05, 4.69) is 43.4 Å². The van der Waals surface area contributed by atoms with Gasteiger partial charge in [0.15, 0.2) is 0 Å². The Bertz CT molecular complexity index is 189. The third-order valence-electron chi connectivity index (χ3n) is 1.43. The SMILES string of the molecule is CC.CCNc1ccc(C)cc1. The van der Waals surface area contributed by atoms with Crippen LogP contribution in [0.4, 0.5) is 5.69 Å². The zero-order chi connectivity index (χ0) is 9.40. The van der Waals surface area contributed by atoms with Crippen LogP contribution in [0, 0.1) is 6.92 Å². The van der Waals surface area contributed by atoms with Gasteiger partial charge in [-0.15, -0.1) is 0 Å². The third kappa shape index (κ3) is 4.02. The van der Waals surface area contributed by atoms with Crippen LogP contribution in [-0.2, 0) is 0 Å². The van der Waals surface area contributed by atoms with E-state index < -0.39 is 0 Å². The minimum atomic E-state index is 0.989. The van der Waals surface area contributed by atoms with Crippen molar-refractivity contribution in [3.05, 3.63) is 29.8 Å². The molecular formula is C11H19N. The van der Waals surface area contributed by atoms with Crippen molar-refractivity contribution in [2.45, 2.75) is 27.7 Å². The maximum Gasteiger partial charge on any atom is 0.0340 e. The molecular weight excluding hydrogens is 146 g/mol. The van der Waals surface area contributed by atoms with E-state index in [-0.39, 0.29) is 0 Å². The van der Waals surface area contributed by atoms with Crippen LogP contribution < -0.4 is 5.32 Å². The first-order valence-electron chi connectivity index (χ1n) is 4.63. The summed E-state index contributed by atoms with van der Waals surface area (Å²) in [5, 5.41) is 3.23. The Morgan fingerprint density at radius 1 is 1.08 bits per heavy atom. The summed E-state index contributed by atoms with van der Waals surface area (Å²) < 4.78 is 0. The number of aryl methyl sites for hydroxylation is 1. The van der Waals surface area contributed by atoms with Gasteiger partial charge in [0.05, 0.1) is 0 Å². The molecule has 0 saturated carbocycles. The van der Waals surface area contributed by atoms with E-state index in [0.717, 1.165) is 6.54 Å². The van der Waals surface area contributed by atoms with Crippen molar-refractivity contribution in [2.75, 3.05) is 11.9 Å². The van der Waals surface area contributed by atoms with Crippen LogP contribution in [0.3, 0.4) is 0 Å². The van der Waals surface area contributed by atoms with Crippen LogP contribution in [-0.4, -0.2) is 6.54 Å². The van der Waals surface area contributed by atoms with Crippen molar-refractivity contribution in [1.29, 1.82) is 0 Å². The van der Waals surface area contributed by atoms with E-state index in [0.29, 0.717) is 0 Å². The molecule has 0 aliphatic heterocycles. The fraction of sp³-hybridized carbons (Fsp3) is 0.455. The van der Waals surface area contributed by atoms with E-state index in [1.54, 1.807) is 0 Å². The molecule has 0 radical (unpaired) electrons. The highest BCUT2D eigenvalue weighted by Gasteiger charge is 1.86. The van der Waals surface area contributed by atoms with Gasteiger partial charge in [0.1, 0.15) is 0 Å². The molecule has 1 N–H and O–H groups in total. The number of nitrogens with one attached hydrogen (secondary N) is 1.